The van der Waals surface area contributed by atoms with Crippen molar-refractivity contribution in [3.63, 3.8) is 0 Å². The number of carbonyl (C=O) groups excluding carboxylic acids is 2. The molecule has 0 amide bonds. The van der Waals surface area contributed by atoms with E-state index in [0.717, 1.165) is 18.5 Å². The number of methoxy groups -OCH3 is 1. The highest BCUT2D eigenvalue weighted by atomic mass is 16.5. The van der Waals surface area contributed by atoms with Crippen molar-refractivity contribution in [2.45, 2.75) is 38.7 Å². The van der Waals surface area contributed by atoms with Crippen LogP contribution < -0.4 is 4.74 Å². The number of hydrogen-bond donors (Lipinski definition) is 0. The van der Waals surface area contributed by atoms with Crippen molar-refractivity contribution < 1.29 is 23.6 Å². The molecule has 1 aliphatic rings. The van der Waals surface area contributed by atoms with E-state index < -0.39 is 12.1 Å². The monoisotopic (exact) mass is 380 g/mol. The lowest BCUT2D eigenvalue weighted by molar-refractivity contribution is 0.0320. The van der Waals surface area contributed by atoms with Crippen LogP contribution >= 0.6 is 0 Å². The Morgan fingerprint density at radius 3 is 2.57 bits per heavy atom. The van der Waals surface area contributed by atoms with Crippen molar-refractivity contribution in [2.24, 2.45) is 0 Å². The molecule has 0 spiro atoms. The number of nitrogens with zero attached hydrogens (tertiary/aromatic N) is 2. The highest BCUT2D eigenvalue weighted by Crippen LogP contribution is 2.40. The van der Waals surface area contributed by atoms with E-state index in [-0.39, 0.29) is 5.78 Å². The van der Waals surface area contributed by atoms with Gasteiger partial charge >= 0.3 is 5.97 Å². The van der Waals surface area contributed by atoms with E-state index in [1.54, 1.807) is 51.3 Å². The number of ketones is 1. The first kappa shape index (κ1) is 18.2. The number of aryl methyl sites for hydroxylation is 1. The van der Waals surface area contributed by atoms with Gasteiger partial charge < -0.3 is 14.0 Å². The summed E-state index contributed by atoms with van der Waals surface area (Å²) in [6.07, 6.45) is 1.13. The predicted octanol–water partition coefficient (Wildman–Crippen LogP) is 3.85. The Morgan fingerprint density at radius 2 is 1.93 bits per heavy atom. The highest BCUT2D eigenvalue weighted by molar-refractivity contribution is 6.06. The second-order valence-corrected chi connectivity index (χ2v) is 6.96. The van der Waals surface area contributed by atoms with Gasteiger partial charge in [-0.25, -0.2) is 9.78 Å². The molecule has 28 heavy (non-hydrogen) atoms. The number of aromatic nitrogens is 2. The maximum Gasteiger partial charge on any atom is 0.339 e. The predicted molar refractivity (Wildman–Crippen MR) is 101 cm³/mol. The molecule has 0 unspecified atom stereocenters. The normalized spacial score (nSPS) is 14.7. The zero-order valence-corrected chi connectivity index (χ0v) is 15.9. The van der Waals surface area contributed by atoms with Gasteiger partial charge in [0.25, 0.3) is 5.71 Å². The smallest absolute Gasteiger partial charge is 0.339 e. The van der Waals surface area contributed by atoms with Gasteiger partial charge in [0.2, 0.25) is 5.78 Å². The molecule has 2 aromatic heterocycles. The van der Waals surface area contributed by atoms with Gasteiger partial charge in [0.1, 0.15) is 5.75 Å². The van der Waals surface area contributed by atoms with Crippen LogP contribution in [0, 0.1) is 6.92 Å². The molecule has 7 heteroatoms. The standard InChI is InChI=1S/C21H20N2O5/c1-11-18-16(10-17(13-4-5-13)22-20(18)28-23-11)21(25)27-12(2)19(24)14-6-8-15(26-3)9-7-14/h6-10,12-13H,4-5H2,1-3H3/t12-/m1/s1. The average Bonchev–Trinajstić information content (AvgIpc) is 3.50. The summed E-state index contributed by atoms with van der Waals surface area (Å²) in [5.74, 6) is 0.108. The molecule has 0 saturated heterocycles. The second-order valence-electron chi connectivity index (χ2n) is 6.96. The van der Waals surface area contributed by atoms with E-state index in [0.29, 0.717) is 39.6 Å². The largest absolute Gasteiger partial charge is 0.497 e. The van der Waals surface area contributed by atoms with Gasteiger partial charge in [-0.1, -0.05) is 5.16 Å². The molecule has 144 valence electrons. The van der Waals surface area contributed by atoms with Crippen molar-refractivity contribution in [1.82, 2.24) is 10.1 Å². The zero-order valence-electron chi connectivity index (χ0n) is 15.9. The SMILES string of the molecule is COc1ccc(C(=O)[C@@H](C)OC(=O)c2cc(C3CC3)nc3onc(C)c23)cc1. The van der Waals surface area contributed by atoms with Crippen molar-refractivity contribution in [2.75, 3.05) is 7.11 Å². The van der Waals surface area contributed by atoms with Crippen LogP contribution in [0.25, 0.3) is 11.1 Å². The molecule has 0 bridgehead atoms. The van der Waals surface area contributed by atoms with Crippen LogP contribution in [0.3, 0.4) is 0 Å². The summed E-state index contributed by atoms with van der Waals surface area (Å²) in [5.41, 5.74) is 2.46. The van der Waals surface area contributed by atoms with Crippen LogP contribution in [-0.2, 0) is 4.74 Å². The molecule has 3 aromatic rings. The summed E-state index contributed by atoms with van der Waals surface area (Å²) in [5, 5.41) is 4.44. The third-order valence-electron chi connectivity index (χ3n) is 4.88. The van der Waals surface area contributed by atoms with Gasteiger partial charge in [0.15, 0.2) is 6.10 Å². The van der Waals surface area contributed by atoms with E-state index in [2.05, 4.69) is 10.1 Å². The lowest BCUT2D eigenvalue weighted by Gasteiger charge is -2.13. The van der Waals surface area contributed by atoms with Crippen LogP contribution in [0.2, 0.25) is 0 Å². The van der Waals surface area contributed by atoms with Crippen molar-refractivity contribution in [3.8, 4) is 5.75 Å². The van der Waals surface area contributed by atoms with Crippen LogP contribution in [0.1, 0.15) is 57.8 Å². The Balaban J connectivity index is 1.58. The second kappa shape index (κ2) is 7.07. The summed E-state index contributed by atoms with van der Waals surface area (Å²) in [4.78, 5) is 29.9. The number of rotatable bonds is 6. The van der Waals surface area contributed by atoms with Gasteiger partial charge in [-0.15, -0.1) is 0 Å². The van der Waals surface area contributed by atoms with E-state index in [9.17, 15) is 9.59 Å². The van der Waals surface area contributed by atoms with Crippen LogP contribution in [0.4, 0.5) is 0 Å². The zero-order chi connectivity index (χ0) is 19.8. The fourth-order valence-electron chi connectivity index (χ4n) is 3.13. The van der Waals surface area contributed by atoms with E-state index >= 15 is 0 Å². The quantitative estimate of drug-likeness (QED) is 0.474. The minimum absolute atomic E-state index is 0.286. The summed E-state index contributed by atoms with van der Waals surface area (Å²) in [6, 6.07) is 8.40. The van der Waals surface area contributed by atoms with Crippen LogP contribution in [0.15, 0.2) is 34.9 Å². The van der Waals surface area contributed by atoms with Crippen LogP contribution in [0.5, 0.6) is 5.75 Å². The first-order valence-corrected chi connectivity index (χ1v) is 9.14. The number of hydrogen-bond acceptors (Lipinski definition) is 7. The minimum atomic E-state index is -0.936. The molecule has 1 fully saturated rings. The Hall–Kier alpha value is -3.22. The Kier molecular flexibility index (Phi) is 4.58. The molecule has 4 rings (SSSR count). The van der Waals surface area contributed by atoms with Crippen molar-refractivity contribution >= 4 is 22.9 Å². The number of ether oxygens (including phenoxy) is 2. The molecule has 0 N–H and O–H groups in total. The lowest BCUT2D eigenvalue weighted by Crippen LogP contribution is -2.24. The molecule has 1 saturated carbocycles. The van der Waals surface area contributed by atoms with Gasteiger partial charge in [-0.2, -0.15) is 0 Å². The molecular weight excluding hydrogens is 360 g/mol. The maximum atomic E-state index is 12.9. The maximum absolute atomic E-state index is 12.9. The fraction of sp³-hybridized carbons (Fsp3) is 0.333. The average molecular weight is 380 g/mol. The number of fused-ring (bicyclic) bond motifs is 1. The van der Waals surface area contributed by atoms with E-state index in [1.165, 1.54) is 0 Å². The lowest BCUT2D eigenvalue weighted by atomic mass is 10.1. The van der Waals surface area contributed by atoms with Gasteiger partial charge in [0, 0.05) is 17.2 Å². The van der Waals surface area contributed by atoms with Gasteiger partial charge in [0.05, 0.1) is 23.8 Å². The summed E-state index contributed by atoms with van der Waals surface area (Å²) >= 11 is 0. The third-order valence-corrected chi connectivity index (χ3v) is 4.88. The Morgan fingerprint density at radius 1 is 1.21 bits per heavy atom. The topological polar surface area (TPSA) is 91.5 Å². The highest BCUT2D eigenvalue weighted by Gasteiger charge is 2.30. The van der Waals surface area contributed by atoms with E-state index in [1.807, 2.05) is 0 Å². The van der Waals surface area contributed by atoms with Gasteiger partial charge in [-0.3, -0.25) is 4.79 Å². The minimum Gasteiger partial charge on any atom is -0.497 e. The Bertz CT molecular complexity index is 1050. The molecule has 0 radical (unpaired) electrons. The molecular formula is C21H20N2O5. The summed E-state index contributed by atoms with van der Waals surface area (Å²) < 4.78 is 15.8. The first-order chi connectivity index (χ1) is 13.5. The number of pyridine rings is 1. The Labute approximate surface area is 161 Å². The number of esters is 1. The summed E-state index contributed by atoms with van der Waals surface area (Å²) in [6.45, 7) is 3.30. The van der Waals surface area contributed by atoms with Crippen molar-refractivity contribution in [1.29, 1.82) is 0 Å². The summed E-state index contributed by atoms with van der Waals surface area (Å²) in [7, 11) is 1.55. The number of Topliss-reactive ketones (excluding diaryl/α,β-unsaturated/α-hetero) is 1. The number of benzene rings is 1. The molecule has 1 atom stereocenters. The van der Waals surface area contributed by atoms with E-state index in [4.69, 9.17) is 14.0 Å². The number of carbonyl (C=O) groups is 2. The first-order valence-electron chi connectivity index (χ1n) is 9.14. The fourth-order valence-corrected chi connectivity index (χ4v) is 3.13. The third kappa shape index (κ3) is 3.35. The molecule has 2 heterocycles. The van der Waals surface area contributed by atoms with Gasteiger partial charge in [-0.05, 0) is 57.0 Å². The molecule has 7 nitrogen and oxygen atoms in total. The molecule has 0 aliphatic heterocycles. The molecule has 1 aromatic carbocycles. The van der Waals surface area contributed by atoms with Crippen LogP contribution in [-0.4, -0.2) is 35.1 Å². The van der Waals surface area contributed by atoms with Crippen molar-refractivity contribution in [3.05, 3.63) is 52.8 Å². The molecule has 1 aliphatic carbocycles.